The second-order valence-corrected chi connectivity index (χ2v) is 5.01. The lowest BCUT2D eigenvalue weighted by atomic mass is 10.1. The third kappa shape index (κ3) is 8.47. The van der Waals surface area contributed by atoms with Crippen LogP contribution in [-0.4, -0.2) is 36.6 Å². The number of hydrazine groups is 1. The number of hydrogen-bond donors (Lipinski definition) is 3. The molecule has 1 aromatic rings. The Labute approximate surface area is 150 Å². The predicted octanol–water partition coefficient (Wildman–Crippen LogP) is 0.379. The normalized spacial score (nSPS) is 10.0. The van der Waals surface area contributed by atoms with Crippen LogP contribution in [0.1, 0.15) is 12.5 Å². The summed E-state index contributed by atoms with van der Waals surface area (Å²) in [5, 5.41) is 2.16. The Bertz CT molecular complexity index is 658. The van der Waals surface area contributed by atoms with Crippen molar-refractivity contribution in [2.24, 2.45) is 0 Å². The lowest BCUT2D eigenvalue weighted by Gasteiger charge is -2.10. The van der Waals surface area contributed by atoms with Gasteiger partial charge in [0.25, 0.3) is 0 Å². The van der Waals surface area contributed by atoms with Crippen molar-refractivity contribution in [2.75, 3.05) is 13.7 Å². The highest BCUT2D eigenvalue weighted by Gasteiger charge is 2.06. The molecule has 0 aliphatic rings. The van der Waals surface area contributed by atoms with Crippen LogP contribution in [0.15, 0.2) is 36.4 Å². The van der Waals surface area contributed by atoms with Gasteiger partial charge in [0.15, 0.2) is 5.11 Å². The van der Waals surface area contributed by atoms with E-state index in [0.29, 0.717) is 5.75 Å². The molecule has 0 radical (unpaired) electrons. The zero-order valence-electron chi connectivity index (χ0n) is 13.8. The third-order valence-electron chi connectivity index (χ3n) is 2.73. The number of benzene rings is 1. The van der Waals surface area contributed by atoms with E-state index in [1.807, 2.05) is 0 Å². The average Bonchev–Trinajstić information content (AvgIpc) is 2.59. The van der Waals surface area contributed by atoms with Gasteiger partial charge in [-0.25, -0.2) is 4.79 Å². The average molecular weight is 365 g/mol. The summed E-state index contributed by atoms with van der Waals surface area (Å²) in [6.45, 7) is 1.87. The quantitative estimate of drug-likeness (QED) is 0.290. The zero-order chi connectivity index (χ0) is 18.7. The number of esters is 1. The summed E-state index contributed by atoms with van der Waals surface area (Å²) in [6.07, 6.45) is 2.07. The first-order chi connectivity index (χ1) is 11.9. The molecule has 0 spiro atoms. The molecule has 134 valence electrons. The fourth-order valence-electron chi connectivity index (χ4n) is 1.62. The third-order valence-corrected chi connectivity index (χ3v) is 2.94. The van der Waals surface area contributed by atoms with Gasteiger partial charge in [-0.2, -0.15) is 0 Å². The maximum atomic E-state index is 11.8. The highest BCUT2D eigenvalue weighted by Crippen LogP contribution is 2.11. The molecule has 0 unspecified atom stereocenters. The standard InChI is InChI=1S/C16H19N3O5S/c1-3-24-15(22)9-8-13(20)17-16(25)19-18-14(21)10-11-4-6-12(23-2)7-5-11/h4-9H,3,10H2,1-2H3,(H,18,21)(H2,17,19,20,25)/b9-8+. The molecule has 1 rings (SSSR count). The summed E-state index contributed by atoms with van der Waals surface area (Å²) >= 11 is 4.85. The van der Waals surface area contributed by atoms with E-state index in [1.165, 1.54) is 0 Å². The van der Waals surface area contributed by atoms with E-state index in [2.05, 4.69) is 20.9 Å². The minimum absolute atomic E-state index is 0.110. The van der Waals surface area contributed by atoms with Crippen LogP contribution < -0.4 is 20.9 Å². The van der Waals surface area contributed by atoms with Gasteiger partial charge in [-0.05, 0) is 36.8 Å². The monoisotopic (exact) mass is 365 g/mol. The Kier molecular flexibility index (Phi) is 8.66. The molecule has 0 atom stereocenters. The van der Waals surface area contributed by atoms with Crippen LogP contribution >= 0.6 is 12.2 Å². The van der Waals surface area contributed by atoms with Crippen molar-refractivity contribution in [1.82, 2.24) is 16.2 Å². The van der Waals surface area contributed by atoms with Crippen molar-refractivity contribution in [2.45, 2.75) is 13.3 Å². The van der Waals surface area contributed by atoms with Crippen molar-refractivity contribution in [1.29, 1.82) is 0 Å². The number of amides is 2. The molecule has 0 aliphatic heterocycles. The fourth-order valence-corrected chi connectivity index (χ4v) is 1.77. The van der Waals surface area contributed by atoms with Crippen LogP contribution in [0.3, 0.4) is 0 Å². The minimum atomic E-state index is -0.635. The Hall–Kier alpha value is -2.94. The lowest BCUT2D eigenvalue weighted by Crippen LogP contribution is -2.48. The molecule has 0 fully saturated rings. The van der Waals surface area contributed by atoms with Crippen molar-refractivity contribution < 1.29 is 23.9 Å². The number of methoxy groups -OCH3 is 1. The molecule has 0 heterocycles. The highest BCUT2D eigenvalue weighted by molar-refractivity contribution is 7.80. The number of carbonyl (C=O) groups excluding carboxylic acids is 3. The zero-order valence-corrected chi connectivity index (χ0v) is 14.6. The molecule has 8 nitrogen and oxygen atoms in total. The molecule has 0 bridgehead atoms. The van der Waals surface area contributed by atoms with Crippen LogP contribution in [0.5, 0.6) is 5.75 Å². The Morgan fingerprint density at radius 3 is 2.40 bits per heavy atom. The second kappa shape index (κ2) is 10.8. The number of ether oxygens (including phenoxy) is 2. The van der Waals surface area contributed by atoms with E-state index < -0.39 is 11.9 Å². The van der Waals surface area contributed by atoms with Gasteiger partial charge in [0.1, 0.15) is 5.75 Å². The van der Waals surface area contributed by atoms with Crippen molar-refractivity contribution >= 4 is 35.1 Å². The van der Waals surface area contributed by atoms with Gasteiger partial charge >= 0.3 is 5.97 Å². The second-order valence-electron chi connectivity index (χ2n) is 4.60. The first-order valence-corrected chi connectivity index (χ1v) is 7.73. The van der Waals surface area contributed by atoms with Crippen LogP contribution in [0.4, 0.5) is 0 Å². The van der Waals surface area contributed by atoms with E-state index in [1.54, 1.807) is 38.3 Å². The van der Waals surface area contributed by atoms with Crippen LogP contribution in [0.25, 0.3) is 0 Å². The molecule has 9 heteroatoms. The predicted molar refractivity (Wildman–Crippen MR) is 94.5 cm³/mol. The van der Waals surface area contributed by atoms with Gasteiger partial charge in [0, 0.05) is 12.2 Å². The van der Waals surface area contributed by atoms with Gasteiger partial charge in [-0.1, -0.05) is 12.1 Å². The maximum Gasteiger partial charge on any atom is 0.330 e. The molecule has 25 heavy (non-hydrogen) atoms. The van der Waals surface area contributed by atoms with E-state index in [-0.39, 0.29) is 24.0 Å². The number of hydrogen-bond acceptors (Lipinski definition) is 6. The topological polar surface area (TPSA) is 106 Å². The van der Waals surface area contributed by atoms with Gasteiger partial charge in [-0.15, -0.1) is 0 Å². The number of carbonyl (C=O) groups is 3. The number of nitrogens with one attached hydrogen (secondary N) is 3. The first-order valence-electron chi connectivity index (χ1n) is 7.32. The van der Waals surface area contributed by atoms with Gasteiger partial charge in [0.05, 0.1) is 20.1 Å². The first kappa shape index (κ1) is 20.1. The molecule has 2 amide bonds. The Morgan fingerprint density at radius 1 is 1.12 bits per heavy atom. The fraction of sp³-hybridized carbons (Fsp3) is 0.250. The largest absolute Gasteiger partial charge is 0.497 e. The van der Waals surface area contributed by atoms with E-state index in [0.717, 1.165) is 17.7 Å². The van der Waals surface area contributed by atoms with Crippen molar-refractivity contribution in [3.8, 4) is 5.75 Å². The van der Waals surface area contributed by atoms with Crippen molar-refractivity contribution in [3.63, 3.8) is 0 Å². The number of rotatable bonds is 6. The molecule has 0 saturated carbocycles. The molecular formula is C16H19N3O5S. The molecule has 0 saturated heterocycles. The van der Waals surface area contributed by atoms with E-state index in [4.69, 9.17) is 17.0 Å². The Morgan fingerprint density at radius 2 is 1.80 bits per heavy atom. The smallest absolute Gasteiger partial charge is 0.330 e. The summed E-state index contributed by atoms with van der Waals surface area (Å²) in [4.78, 5) is 34.4. The molecule has 0 aliphatic carbocycles. The SMILES string of the molecule is CCOC(=O)/C=C/C(=O)NC(=S)NNC(=O)Cc1ccc(OC)cc1. The summed E-state index contributed by atoms with van der Waals surface area (Å²) < 4.78 is 9.66. The number of thiocarbonyl (C=S) groups is 1. The minimum Gasteiger partial charge on any atom is -0.497 e. The molecule has 1 aromatic carbocycles. The van der Waals surface area contributed by atoms with Crippen LogP contribution in [0.2, 0.25) is 0 Å². The van der Waals surface area contributed by atoms with Crippen LogP contribution in [-0.2, 0) is 25.5 Å². The van der Waals surface area contributed by atoms with E-state index in [9.17, 15) is 14.4 Å². The van der Waals surface area contributed by atoms with Gasteiger partial charge in [-0.3, -0.25) is 25.8 Å². The summed E-state index contributed by atoms with van der Waals surface area (Å²) in [5.74, 6) is -0.912. The van der Waals surface area contributed by atoms with E-state index >= 15 is 0 Å². The van der Waals surface area contributed by atoms with Crippen LogP contribution in [0, 0.1) is 0 Å². The molecular weight excluding hydrogens is 346 g/mol. The Balaban J connectivity index is 2.33. The van der Waals surface area contributed by atoms with Gasteiger partial charge in [0.2, 0.25) is 11.8 Å². The summed E-state index contributed by atoms with van der Waals surface area (Å²) in [5.41, 5.74) is 5.54. The highest BCUT2D eigenvalue weighted by atomic mass is 32.1. The van der Waals surface area contributed by atoms with Crippen molar-refractivity contribution in [3.05, 3.63) is 42.0 Å². The summed E-state index contributed by atoms with van der Waals surface area (Å²) in [6, 6.07) is 7.02. The molecule has 3 N–H and O–H groups in total. The maximum absolute atomic E-state index is 11.8. The lowest BCUT2D eigenvalue weighted by molar-refractivity contribution is -0.137. The molecule has 0 aromatic heterocycles. The summed E-state index contributed by atoms with van der Waals surface area (Å²) in [7, 11) is 1.56. The van der Waals surface area contributed by atoms with Gasteiger partial charge < -0.3 is 9.47 Å².